The van der Waals surface area contributed by atoms with Gasteiger partial charge in [0.2, 0.25) is 0 Å². The van der Waals surface area contributed by atoms with Gasteiger partial charge in [-0.25, -0.2) is 4.39 Å². The van der Waals surface area contributed by atoms with Crippen LogP contribution >= 0.6 is 0 Å². The molecule has 1 rings (SSSR count). The molecule has 5 heteroatoms. The van der Waals surface area contributed by atoms with Crippen LogP contribution in [0.25, 0.3) is 0 Å². The number of amides is 1. The predicted molar refractivity (Wildman–Crippen MR) is 68.6 cm³/mol. The lowest BCUT2D eigenvalue weighted by atomic mass is 10.0. The van der Waals surface area contributed by atoms with E-state index in [1.54, 1.807) is 0 Å². The highest BCUT2D eigenvalue weighted by molar-refractivity contribution is 5.95. The third-order valence-corrected chi connectivity index (χ3v) is 2.90. The van der Waals surface area contributed by atoms with E-state index in [-0.39, 0.29) is 18.1 Å². The topological polar surface area (TPSA) is 75.3 Å². The number of benzene rings is 1. The Hall–Kier alpha value is -1.62. The highest BCUT2D eigenvalue weighted by Crippen LogP contribution is 2.12. The molecule has 0 bridgehead atoms. The van der Waals surface area contributed by atoms with E-state index >= 15 is 0 Å². The lowest BCUT2D eigenvalue weighted by molar-refractivity contribution is 0.0939. The van der Waals surface area contributed by atoms with Crippen molar-refractivity contribution in [3.63, 3.8) is 0 Å². The van der Waals surface area contributed by atoms with Crippen LogP contribution in [0.4, 0.5) is 10.1 Å². The van der Waals surface area contributed by atoms with Crippen molar-refractivity contribution in [3.8, 4) is 0 Å². The Balaban J connectivity index is 2.62. The maximum absolute atomic E-state index is 13.4. The van der Waals surface area contributed by atoms with Crippen LogP contribution in [-0.2, 0) is 0 Å². The van der Waals surface area contributed by atoms with Crippen LogP contribution < -0.4 is 11.1 Å². The third kappa shape index (κ3) is 4.00. The molecule has 0 heterocycles. The Morgan fingerprint density at radius 2 is 2.28 bits per heavy atom. The molecule has 0 saturated carbocycles. The molecule has 1 aromatic carbocycles. The molecule has 4 nitrogen and oxygen atoms in total. The van der Waals surface area contributed by atoms with E-state index in [9.17, 15) is 9.18 Å². The van der Waals surface area contributed by atoms with Gasteiger partial charge in [0.1, 0.15) is 5.82 Å². The first-order valence-electron chi connectivity index (χ1n) is 6.02. The fraction of sp³-hybridized carbons (Fsp3) is 0.462. The molecule has 1 aromatic rings. The summed E-state index contributed by atoms with van der Waals surface area (Å²) >= 11 is 0. The maximum Gasteiger partial charge on any atom is 0.254 e. The molecular weight excluding hydrogens is 235 g/mol. The van der Waals surface area contributed by atoms with E-state index in [2.05, 4.69) is 5.32 Å². The largest absolute Gasteiger partial charge is 0.399 e. The first-order valence-corrected chi connectivity index (χ1v) is 6.02. The average molecular weight is 254 g/mol. The summed E-state index contributed by atoms with van der Waals surface area (Å²) in [5.41, 5.74) is 5.82. The van der Waals surface area contributed by atoms with Crippen molar-refractivity contribution in [2.24, 2.45) is 5.92 Å². The Bertz CT molecular complexity index is 410. The van der Waals surface area contributed by atoms with Crippen molar-refractivity contribution in [1.29, 1.82) is 0 Å². The zero-order valence-electron chi connectivity index (χ0n) is 10.4. The standard InChI is InChI=1S/C13H19FN2O2/c1-2-9(5-6-17)8-16-13(18)11-7-10(15)3-4-12(11)14/h3-4,7,9,17H,2,5-6,8,15H2,1H3,(H,16,18). The number of aliphatic hydroxyl groups excluding tert-OH is 1. The van der Waals surface area contributed by atoms with Crippen LogP contribution in [0.1, 0.15) is 30.1 Å². The van der Waals surface area contributed by atoms with E-state index in [1.165, 1.54) is 18.2 Å². The van der Waals surface area contributed by atoms with Gasteiger partial charge in [-0.2, -0.15) is 0 Å². The van der Waals surface area contributed by atoms with Gasteiger partial charge in [0, 0.05) is 18.8 Å². The number of carbonyl (C=O) groups is 1. The maximum atomic E-state index is 13.4. The quantitative estimate of drug-likeness (QED) is 0.674. The van der Waals surface area contributed by atoms with Gasteiger partial charge in [-0.1, -0.05) is 13.3 Å². The molecule has 0 aliphatic heterocycles. The van der Waals surface area contributed by atoms with Crippen molar-refractivity contribution in [1.82, 2.24) is 5.32 Å². The second-order valence-corrected chi connectivity index (χ2v) is 4.24. The molecule has 18 heavy (non-hydrogen) atoms. The highest BCUT2D eigenvalue weighted by Gasteiger charge is 2.13. The van der Waals surface area contributed by atoms with Gasteiger partial charge in [0.05, 0.1) is 5.56 Å². The molecule has 100 valence electrons. The highest BCUT2D eigenvalue weighted by atomic mass is 19.1. The van der Waals surface area contributed by atoms with Crippen LogP contribution in [-0.4, -0.2) is 24.2 Å². The summed E-state index contributed by atoms with van der Waals surface area (Å²) in [5, 5.41) is 11.5. The number of halogens is 1. The zero-order valence-corrected chi connectivity index (χ0v) is 10.4. The minimum absolute atomic E-state index is 0.0474. The van der Waals surface area contributed by atoms with Crippen molar-refractivity contribution in [2.75, 3.05) is 18.9 Å². The summed E-state index contributed by atoms with van der Waals surface area (Å²) in [7, 11) is 0. The van der Waals surface area contributed by atoms with E-state index in [0.29, 0.717) is 18.7 Å². The van der Waals surface area contributed by atoms with Crippen LogP contribution in [0.2, 0.25) is 0 Å². The van der Waals surface area contributed by atoms with E-state index in [0.717, 1.165) is 6.42 Å². The summed E-state index contributed by atoms with van der Waals surface area (Å²) in [6.07, 6.45) is 1.47. The smallest absolute Gasteiger partial charge is 0.254 e. The number of rotatable bonds is 6. The molecule has 1 amide bonds. The number of anilines is 1. The molecule has 4 N–H and O–H groups in total. The molecule has 1 unspecified atom stereocenters. The summed E-state index contributed by atoms with van der Waals surface area (Å²) < 4.78 is 13.4. The van der Waals surface area contributed by atoms with E-state index in [1.807, 2.05) is 6.92 Å². The minimum Gasteiger partial charge on any atom is -0.399 e. The second kappa shape index (κ2) is 6.96. The average Bonchev–Trinajstić information content (AvgIpc) is 2.37. The van der Waals surface area contributed by atoms with Gasteiger partial charge >= 0.3 is 0 Å². The summed E-state index contributed by atoms with van der Waals surface area (Å²) in [4.78, 5) is 11.8. The number of carbonyl (C=O) groups excluding carboxylic acids is 1. The molecule has 0 saturated heterocycles. The summed E-state index contributed by atoms with van der Waals surface area (Å²) in [5.74, 6) is -0.865. The summed E-state index contributed by atoms with van der Waals surface area (Å²) in [6.45, 7) is 2.48. The molecule has 0 radical (unpaired) electrons. The zero-order chi connectivity index (χ0) is 13.5. The number of nitrogens with one attached hydrogen (secondary N) is 1. The molecule has 1 atom stereocenters. The fourth-order valence-electron chi connectivity index (χ4n) is 1.68. The third-order valence-electron chi connectivity index (χ3n) is 2.90. The summed E-state index contributed by atoms with van der Waals surface area (Å²) in [6, 6.07) is 3.90. The Morgan fingerprint density at radius 1 is 1.56 bits per heavy atom. The van der Waals surface area contributed by atoms with Crippen molar-refractivity contribution in [2.45, 2.75) is 19.8 Å². The minimum atomic E-state index is -0.586. The fourth-order valence-corrected chi connectivity index (χ4v) is 1.68. The molecule has 0 aromatic heterocycles. The second-order valence-electron chi connectivity index (χ2n) is 4.24. The first-order chi connectivity index (χ1) is 8.58. The number of nitrogen functional groups attached to an aromatic ring is 1. The lowest BCUT2D eigenvalue weighted by Gasteiger charge is -2.14. The van der Waals surface area contributed by atoms with Gasteiger partial charge in [0.25, 0.3) is 5.91 Å². The van der Waals surface area contributed by atoms with Crippen LogP contribution in [0.15, 0.2) is 18.2 Å². The molecule has 0 spiro atoms. The Morgan fingerprint density at radius 3 is 2.89 bits per heavy atom. The molecular formula is C13H19FN2O2. The molecule has 0 aliphatic rings. The van der Waals surface area contributed by atoms with Crippen LogP contribution in [0, 0.1) is 11.7 Å². The van der Waals surface area contributed by atoms with Crippen LogP contribution in [0.5, 0.6) is 0 Å². The van der Waals surface area contributed by atoms with E-state index < -0.39 is 11.7 Å². The number of hydrogen-bond acceptors (Lipinski definition) is 3. The van der Waals surface area contributed by atoms with Gasteiger partial charge in [0.15, 0.2) is 0 Å². The van der Waals surface area contributed by atoms with Crippen molar-refractivity contribution >= 4 is 11.6 Å². The Kier molecular flexibility index (Phi) is 5.58. The van der Waals surface area contributed by atoms with Gasteiger partial charge < -0.3 is 16.2 Å². The van der Waals surface area contributed by atoms with Crippen molar-refractivity contribution in [3.05, 3.63) is 29.6 Å². The molecule has 0 aliphatic carbocycles. The normalized spacial score (nSPS) is 12.2. The Labute approximate surface area is 106 Å². The van der Waals surface area contributed by atoms with Gasteiger partial charge in [-0.3, -0.25) is 4.79 Å². The predicted octanol–water partition coefficient (Wildman–Crippen LogP) is 1.55. The number of nitrogens with two attached hydrogens (primary N) is 1. The SMILES string of the molecule is CCC(CCO)CNC(=O)c1cc(N)ccc1F. The first kappa shape index (κ1) is 14.4. The number of hydrogen-bond donors (Lipinski definition) is 3. The van der Waals surface area contributed by atoms with Crippen LogP contribution in [0.3, 0.4) is 0 Å². The van der Waals surface area contributed by atoms with E-state index in [4.69, 9.17) is 10.8 Å². The van der Waals surface area contributed by atoms with Gasteiger partial charge in [-0.05, 0) is 30.5 Å². The monoisotopic (exact) mass is 254 g/mol. The lowest BCUT2D eigenvalue weighted by Crippen LogP contribution is -2.30. The number of aliphatic hydroxyl groups is 1. The van der Waals surface area contributed by atoms with Crippen molar-refractivity contribution < 1.29 is 14.3 Å². The van der Waals surface area contributed by atoms with Gasteiger partial charge in [-0.15, -0.1) is 0 Å². The molecule has 0 fully saturated rings.